The third kappa shape index (κ3) is 3.06. The second kappa shape index (κ2) is 5.31. The van der Waals surface area contributed by atoms with E-state index >= 15 is 0 Å². The van der Waals surface area contributed by atoms with Crippen LogP contribution < -0.4 is 10.6 Å². The molecule has 6 heteroatoms. The van der Waals surface area contributed by atoms with Crippen LogP contribution in [0.3, 0.4) is 0 Å². The van der Waals surface area contributed by atoms with E-state index in [-0.39, 0.29) is 17.7 Å². The molecular formula is C11H15ClN4O. The topological polar surface area (TPSA) is 72.1 Å². The van der Waals surface area contributed by atoms with Crippen LogP contribution >= 0.6 is 11.6 Å². The van der Waals surface area contributed by atoms with Gasteiger partial charge in [0.2, 0.25) is 11.2 Å². The Kier molecular flexibility index (Phi) is 3.78. The van der Waals surface area contributed by atoms with Gasteiger partial charge in [0, 0.05) is 12.2 Å². The summed E-state index contributed by atoms with van der Waals surface area (Å²) in [4.78, 5) is 21.0. The van der Waals surface area contributed by atoms with Crippen molar-refractivity contribution in [3.05, 3.63) is 17.5 Å². The number of halogens is 1. The van der Waals surface area contributed by atoms with Gasteiger partial charge in [0.25, 0.3) is 0 Å². The van der Waals surface area contributed by atoms with E-state index in [0.717, 1.165) is 12.8 Å². The summed E-state index contributed by atoms with van der Waals surface area (Å²) in [5, 5.41) is 0.190. The first kappa shape index (κ1) is 12.1. The highest BCUT2D eigenvalue weighted by molar-refractivity contribution is 6.28. The molecule has 0 aliphatic heterocycles. The second-order valence-corrected chi connectivity index (χ2v) is 4.55. The van der Waals surface area contributed by atoms with Crippen molar-refractivity contribution in [3.63, 3.8) is 0 Å². The van der Waals surface area contributed by atoms with E-state index in [1.165, 1.54) is 12.8 Å². The fraction of sp³-hybridized carbons (Fsp3) is 0.545. The van der Waals surface area contributed by atoms with Crippen molar-refractivity contribution in [1.82, 2.24) is 9.97 Å². The van der Waals surface area contributed by atoms with Gasteiger partial charge in [-0.05, 0) is 30.5 Å². The number of anilines is 1. The van der Waals surface area contributed by atoms with Gasteiger partial charge >= 0.3 is 0 Å². The summed E-state index contributed by atoms with van der Waals surface area (Å²) in [5.74, 6) is 0.322. The number of rotatable bonds is 4. The standard InChI is InChI=1S/C11H15ClN4O/c12-11-14-6-5-10(15-11)16(7-9(13)17)8-3-1-2-4-8/h5-6,8H,1-4,7H2,(H2,13,17). The molecule has 0 atom stereocenters. The Bertz CT molecular complexity index is 406. The molecule has 2 N–H and O–H groups in total. The summed E-state index contributed by atoms with van der Waals surface area (Å²) in [5.41, 5.74) is 5.28. The summed E-state index contributed by atoms with van der Waals surface area (Å²) in [7, 11) is 0. The van der Waals surface area contributed by atoms with Gasteiger partial charge < -0.3 is 10.6 Å². The first-order chi connectivity index (χ1) is 8.16. The number of primary amides is 1. The molecular weight excluding hydrogens is 240 g/mol. The summed E-state index contributed by atoms with van der Waals surface area (Å²) in [6.07, 6.45) is 6.08. The number of amides is 1. The monoisotopic (exact) mass is 254 g/mol. The van der Waals surface area contributed by atoms with Crippen LogP contribution in [0.4, 0.5) is 5.82 Å². The molecule has 0 spiro atoms. The lowest BCUT2D eigenvalue weighted by Crippen LogP contribution is -2.40. The maximum atomic E-state index is 11.1. The lowest BCUT2D eigenvalue weighted by molar-refractivity contribution is -0.116. The maximum absolute atomic E-state index is 11.1. The van der Waals surface area contributed by atoms with Crippen molar-refractivity contribution in [2.75, 3.05) is 11.4 Å². The zero-order valence-electron chi connectivity index (χ0n) is 9.47. The van der Waals surface area contributed by atoms with E-state index in [1.54, 1.807) is 12.3 Å². The van der Waals surface area contributed by atoms with Crippen LogP contribution in [0.25, 0.3) is 0 Å². The van der Waals surface area contributed by atoms with Crippen molar-refractivity contribution >= 4 is 23.3 Å². The van der Waals surface area contributed by atoms with Crippen molar-refractivity contribution < 1.29 is 4.79 Å². The molecule has 2 rings (SSSR count). The zero-order valence-corrected chi connectivity index (χ0v) is 10.2. The molecule has 1 aromatic rings. The van der Waals surface area contributed by atoms with Crippen molar-refractivity contribution in [2.24, 2.45) is 5.73 Å². The zero-order chi connectivity index (χ0) is 12.3. The molecule has 0 saturated heterocycles. The van der Waals surface area contributed by atoms with Gasteiger partial charge in [0.1, 0.15) is 5.82 Å². The average Bonchev–Trinajstić information content (AvgIpc) is 2.79. The highest BCUT2D eigenvalue weighted by Gasteiger charge is 2.25. The highest BCUT2D eigenvalue weighted by Crippen LogP contribution is 2.27. The molecule has 0 aromatic carbocycles. The van der Waals surface area contributed by atoms with Gasteiger partial charge in [0.05, 0.1) is 6.54 Å². The molecule has 5 nitrogen and oxygen atoms in total. The summed E-state index contributed by atoms with van der Waals surface area (Å²) >= 11 is 5.77. The normalized spacial score (nSPS) is 16.1. The van der Waals surface area contributed by atoms with Gasteiger partial charge in [-0.25, -0.2) is 9.97 Å². The Morgan fingerprint density at radius 3 is 2.82 bits per heavy atom. The maximum Gasteiger partial charge on any atom is 0.237 e. The van der Waals surface area contributed by atoms with E-state index in [2.05, 4.69) is 9.97 Å². The largest absolute Gasteiger partial charge is 0.368 e. The number of carbonyl (C=O) groups excluding carboxylic acids is 1. The molecule has 1 saturated carbocycles. The molecule has 1 fully saturated rings. The van der Waals surface area contributed by atoms with Crippen molar-refractivity contribution in [2.45, 2.75) is 31.7 Å². The van der Waals surface area contributed by atoms with Gasteiger partial charge in [-0.1, -0.05) is 12.8 Å². The third-order valence-electron chi connectivity index (χ3n) is 3.00. The Hall–Kier alpha value is -1.36. The van der Waals surface area contributed by atoms with E-state index in [1.807, 2.05) is 4.90 Å². The van der Waals surface area contributed by atoms with E-state index in [4.69, 9.17) is 17.3 Å². The molecule has 1 heterocycles. The third-order valence-corrected chi connectivity index (χ3v) is 3.18. The van der Waals surface area contributed by atoms with E-state index in [9.17, 15) is 4.79 Å². The lowest BCUT2D eigenvalue weighted by atomic mass is 10.2. The molecule has 0 unspecified atom stereocenters. The van der Waals surface area contributed by atoms with E-state index in [0.29, 0.717) is 11.9 Å². The Balaban J connectivity index is 2.22. The number of hydrogen-bond donors (Lipinski definition) is 1. The van der Waals surface area contributed by atoms with Gasteiger partial charge in [-0.15, -0.1) is 0 Å². The van der Waals surface area contributed by atoms with Crippen LogP contribution in [0.15, 0.2) is 12.3 Å². The number of hydrogen-bond acceptors (Lipinski definition) is 4. The first-order valence-corrected chi connectivity index (χ1v) is 6.08. The number of aromatic nitrogens is 2. The first-order valence-electron chi connectivity index (χ1n) is 5.70. The number of nitrogens with two attached hydrogens (primary N) is 1. The Morgan fingerprint density at radius 2 is 2.24 bits per heavy atom. The summed E-state index contributed by atoms with van der Waals surface area (Å²) in [6, 6.07) is 2.08. The average molecular weight is 255 g/mol. The minimum absolute atomic E-state index is 0.179. The lowest BCUT2D eigenvalue weighted by Gasteiger charge is -2.28. The summed E-state index contributed by atoms with van der Waals surface area (Å²) in [6.45, 7) is 0.179. The quantitative estimate of drug-likeness (QED) is 0.824. The molecule has 1 aliphatic rings. The molecule has 1 aliphatic carbocycles. The van der Waals surface area contributed by atoms with E-state index < -0.39 is 0 Å². The summed E-state index contributed by atoms with van der Waals surface area (Å²) < 4.78 is 0. The smallest absolute Gasteiger partial charge is 0.237 e. The molecule has 0 radical (unpaired) electrons. The van der Waals surface area contributed by atoms with Crippen LogP contribution in [-0.4, -0.2) is 28.5 Å². The molecule has 1 aromatic heterocycles. The van der Waals surface area contributed by atoms with Gasteiger partial charge in [-0.3, -0.25) is 4.79 Å². The molecule has 0 bridgehead atoms. The van der Waals surface area contributed by atoms with Crippen LogP contribution in [-0.2, 0) is 4.79 Å². The van der Waals surface area contributed by atoms with Crippen LogP contribution in [0, 0.1) is 0 Å². The fourth-order valence-corrected chi connectivity index (χ4v) is 2.41. The SMILES string of the molecule is NC(=O)CN(c1ccnc(Cl)n1)C1CCCC1. The molecule has 1 amide bonds. The van der Waals surface area contributed by atoms with Crippen LogP contribution in [0.5, 0.6) is 0 Å². The van der Waals surface area contributed by atoms with Crippen LogP contribution in [0.2, 0.25) is 5.28 Å². The minimum Gasteiger partial charge on any atom is -0.368 e. The molecule has 92 valence electrons. The molecule has 17 heavy (non-hydrogen) atoms. The number of carbonyl (C=O) groups is 1. The van der Waals surface area contributed by atoms with Crippen molar-refractivity contribution in [3.8, 4) is 0 Å². The number of nitrogens with zero attached hydrogens (tertiary/aromatic N) is 3. The van der Waals surface area contributed by atoms with Crippen molar-refractivity contribution in [1.29, 1.82) is 0 Å². The second-order valence-electron chi connectivity index (χ2n) is 4.22. The predicted molar refractivity (Wildman–Crippen MR) is 65.8 cm³/mol. The fourth-order valence-electron chi connectivity index (χ4n) is 2.27. The Morgan fingerprint density at radius 1 is 1.53 bits per heavy atom. The minimum atomic E-state index is -0.355. The van der Waals surface area contributed by atoms with Gasteiger partial charge in [0.15, 0.2) is 0 Å². The Labute approximate surface area is 105 Å². The van der Waals surface area contributed by atoms with Crippen LogP contribution in [0.1, 0.15) is 25.7 Å². The highest BCUT2D eigenvalue weighted by atomic mass is 35.5. The van der Waals surface area contributed by atoms with Gasteiger partial charge in [-0.2, -0.15) is 0 Å². The predicted octanol–water partition coefficient (Wildman–Crippen LogP) is 1.36.